The van der Waals surface area contributed by atoms with Gasteiger partial charge in [-0.15, -0.1) is 0 Å². The van der Waals surface area contributed by atoms with Gasteiger partial charge in [-0.25, -0.2) is 12.7 Å². The van der Waals surface area contributed by atoms with Crippen LogP contribution in [0, 0.1) is 27.6 Å². The minimum Gasteiger partial charge on any atom is -0.392 e. The molecule has 0 aromatic rings. The van der Waals surface area contributed by atoms with E-state index >= 15 is 0 Å². The highest BCUT2D eigenvalue weighted by Crippen LogP contribution is 2.94. The fourth-order valence-electron chi connectivity index (χ4n) is 7.42. The van der Waals surface area contributed by atoms with E-state index in [0.29, 0.717) is 5.92 Å². The normalized spacial score (nSPS) is 41.2. The Kier molecular flexibility index (Phi) is 3.69. The van der Waals surface area contributed by atoms with Crippen molar-refractivity contribution in [2.75, 3.05) is 5.75 Å². The number of carbonyl (C=O) groups excluding carboxylic acids is 2. The number of Topliss-reactive ketones (excluding diaryl/α,β-unsaturated/α-hetero) is 1. The van der Waals surface area contributed by atoms with Crippen molar-refractivity contribution in [3.63, 3.8) is 0 Å². The first-order chi connectivity index (χ1) is 12.3. The number of sulfonamides is 1. The van der Waals surface area contributed by atoms with E-state index in [2.05, 4.69) is 13.8 Å². The van der Waals surface area contributed by atoms with Crippen LogP contribution in [0.5, 0.6) is 0 Å². The maximum absolute atomic E-state index is 13.1. The Bertz CT molecular complexity index is 831. The number of carbonyl (C=O) groups is 2. The molecule has 1 aliphatic heterocycles. The fraction of sp³-hybridized carbons (Fsp3) is 0.900. The molecule has 0 aromatic heterocycles. The third kappa shape index (κ3) is 1.88. The van der Waals surface area contributed by atoms with Crippen LogP contribution in [0.25, 0.3) is 0 Å². The number of amides is 1. The van der Waals surface area contributed by atoms with Gasteiger partial charge in [0.2, 0.25) is 15.9 Å². The summed E-state index contributed by atoms with van der Waals surface area (Å²) in [4.78, 5) is 25.2. The molecule has 152 valence electrons. The molecule has 5 atom stereocenters. The number of ketones is 1. The van der Waals surface area contributed by atoms with Crippen LogP contribution in [0.2, 0.25) is 0 Å². The first kappa shape index (κ1) is 19.4. The van der Waals surface area contributed by atoms with Gasteiger partial charge >= 0.3 is 0 Å². The summed E-state index contributed by atoms with van der Waals surface area (Å²) < 4.78 is 27.1. The lowest BCUT2D eigenvalue weighted by atomic mass is 9.66. The van der Waals surface area contributed by atoms with Gasteiger partial charge in [0.15, 0.2) is 0 Å². The number of nitrogens with zero attached hydrogens (tertiary/aromatic N) is 1. The standard InChI is InChI=1S/C20H31NO5S/c1-6-14(22)17(2,3)15(23)10-16(24)21-13-9-12-7-8-19(12)18(4,5)20(13,19)11-27(21,25)26/h12-13,15,23H,6-11H2,1-5H3. The smallest absolute Gasteiger partial charge is 0.238 e. The van der Waals surface area contributed by atoms with Crippen LogP contribution < -0.4 is 0 Å². The summed E-state index contributed by atoms with van der Waals surface area (Å²) in [5.74, 6) is -0.135. The molecule has 0 aromatic carbocycles. The number of aliphatic hydroxyl groups is 1. The molecule has 0 radical (unpaired) electrons. The van der Waals surface area contributed by atoms with E-state index in [-0.39, 0.29) is 46.7 Å². The molecule has 2 spiro atoms. The Morgan fingerprint density at radius 1 is 1.26 bits per heavy atom. The van der Waals surface area contributed by atoms with Gasteiger partial charge in [0.25, 0.3) is 0 Å². The van der Waals surface area contributed by atoms with Gasteiger partial charge in [-0.05, 0) is 36.0 Å². The van der Waals surface area contributed by atoms with Gasteiger partial charge in [0.1, 0.15) is 5.78 Å². The largest absolute Gasteiger partial charge is 0.392 e. The number of aliphatic hydroxyl groups excluding tert-OH is 1. The molecule has 4 aliphatic rings. The average molecular weight is 398 g/mol. The molecule has 1 amide bonds. The Balaban J connectivity index is 1.61. The molecule has 4 rings (SSSR count). The third-order valence-corrected chi connectivity index (χ3v) is 11.0. The second kappa shape index (κ2) is 5.15. The van der Waals surface area contributed by atoms with Crippen molar-refractivity contribution < 1.29 is 23.1 Å². The van der Waals surface area contributed by atoms with Crippen LogP contribution in [0.4, 0.5) is 0 Å². The van der Waals surface area contributed by atoms with Crippen molar-refractivity contribution >= 4 is 21.7 Å². The second-order valence-electron chi connectivity index (χ2n) is 10.2. The van der Waals surface area contributed by atoms with Gasteiger partial charge < -0.3 is 5.11 Å². The minimum absolute atomic E-state index is 0.0489. The molecule has 1 saturated heterocycles. The summed E-state index contributed by atoms with van der Waals surface area (Å²) in [5.41, 5.74) is -1.38. The maximum Gasteiger partial charge on any atom is 0.238 e. The van der Waals surface area contributed by atoms with Crippen molar-refractivity contribution in [2.24, 2.45) is 27.6 Å². The van der Waals surface area contributed by atoms with E-state index in [1.807, 2.05) is 0 Å². The van der Waals surface area contributed by atoms with Crippen molar-refractivity contribution in [1.29, 1.82) is 0 Å². The van der Waals surface area contributed by atoms with Gasteiger partial charge in [0, 0.05) is 17.3 Å². The summed E-state index contributed by atoms with van der Waals surface area (Å²) in [6.45, 7) is 9.27. The molecule has 1 heterocycles. The monoisotopic (exact) mass is 397 g/mol. The predicted molar refractivity (Wildman–Crippen MR) is 100 cm³/mol. The number of hydrogen-bond acceptors (Lipinski definition) is 5. The van der Waals surface area contributed by atoms with E-state index < -0.39 is 27.4 Å². The number of hydrogen-bond donors (Lipinski definition) is 1. The quantitative estimate of drug-likeness (QED) is 0.767. The topological polar surface area (TPSA) is 91.8 Å². The molecule has 7 heteroatoms. The van der Waals surface area contributed by atoms with Crippen LogP contribution in [0.1, 0.15) is 66.7 Å². The van der Waals surface area contributed by atoms with Crippen LogP contribution in [-0.4, -0.2) is 47.4 Å². The molecular weight excluding hydrogens is 366 g/mol. The Morgan fingerprint density at radius 3 is 2.37 bits per heavy atom. The second-order valence-corrected chi connectivity index (χ2v) is 12.1. The Hall–Kier alpha value is -0.950. The average Bonchev–Trinajstić information content (AvgIpc) is 2.73. The molecular formula is C20H31NO5S. The summed E-state index contributed by atoms with van der Waals surface area (Å²) in [6, 6.07) is -0.283. The molecule has 27 heavy (non-hydrogen) atoms. The van der Waals surface area contributed by atoms with Gasteiger partial charge in [0.05, 0.1) is 24.3 Å². The zero-order valence-corrected chi connectivity index (χ0v) is 17.7. The predicted octanol–water partition coefficient (Wildman–Crippen LogP) is 2.11. The zero-order valence-electron chi connectivity index (χ0n) is 16.9. The Labute approximate surface area is 161 Å². The van der Waals surface area contributed by atoms with E-state index in [0.717, 1.165) is 23.6 Å². The summed E-state index contributed by atoms with van der Waals surface area (Å²) in [6.07, 6.45) is 1.67. The summed E-state index contributed by atoms with van der Waals surface area (Å²) in [7, 11) is -3.69. The summed E-state index contributed by atoms with van der Waals surface area (Å²) in [5, 5.41) is 10.5. The highest BCUT2D eigenvalue weighted by molar-refractivity contribution is 7.90. The SMILES string of the molecule is CCC(=O)C(C)(C)C(O)CC(=O)N1C2CC3CCC34C(C)(C)C24CS1(=O)=O. The Morgan fingerprint density at radius 2 is 1.89 bits per heavy atom. The zero-order chi connectivity index (χ0) is 20.2. The molecule has 3 saturated carbocycles. The lowest BCUT2D eigenvalue weighted by Gasteiger charge is -2.39. The molecule has 6 nitrogen and oxygen atoms in total. The van der Waals surface area contributed by atoms with Crippen molar-refractivity contribution in [3.8, 4) is 0 Å². The van der Waals surface area contributed by atoms with Gasteiger partial charge in [-0.3, -0.25) is 9.59 Å². The maximum atomic E-state index is 13.1. The molecule has 4 fully saturated rings. The number of rotatable bonds is 5. The third-order valence-electron chi connectivity index (χ3n) is 9.10. The van der Waals surface area contributed by atoms with E-state index in [1.165, 1.54) is 0 Å². The highest BCUT2D eigenvalue weighted by atomic mass is 32.2. The summed E-state index contributed by atoms with van der Waals surface area (Å²) >= 11 is 0. The van der Waals surface area contributed by atoms with Gasteiger partial charge in [-0.1, -0.05) is 34.6 Å². The lowest BCUT2D eigenvalue weighted by molar-refractivity contribution is -0.138. The van der Waals surface area contributed by atoms with Crippen molar-refractivity contribution in [2.45, 2.75) is 78.9 Å². The van der Waals surface area contributed by atoms with Crippen LogP contribution in [0.15, 0.2) is 0 Å². The first-order valence-electron chi connectivity index (χ1n) is 10.1. The van der Waals surface area contributed by atoms with Crippen LogP contribution >= 0.6 is 0 Å². The van der Waals surface area contributed by atoms with Crippen molar-refractivity contribution in [1.82, 2.24) is 4.31 Å². The first-order valence-corrected chi connectivity index (χ1v) is 11.7. The molecule has 3 aliphatic carbocycles. The molecule has 0 bridgehead atoms. The van der Waals surface area contributed by atoms with Crippen LogP contribution in [0.3, 0.4) is 0 Å². The fourth-order valence-corrected chi connectivity index (χ4v) is 9.98. The lowest BCUT2D eigenvalue weighted by Crippen LogP contribution is -2.45. The highest BCUT2D eigenvalue weighted by Gasteiger charge is 2.95. The van der Waals surface area contributed by atoms with E-state index in [1.54, 1.807) is 20.8 Å². The van der Waals surface area contributed by atoms with Crippen molar-refractivity contribution in [3.05, 3.63) is 0 Å². The van der Waals surface area contributed by atoms with Crippen LogP contribution in [-0.2, 0) is 19.6 Å². The van der Waals surface area contributed by atoms with E-state index in [9.17, 15) is 23.1 Å². The van der Waals surface area contributed by atoms with E-state index in [4.69, 9.17) is 0 Å². The minimum atomic E-state index is -3.69. The molecule has 5 unspecified atom stereocenters. The molecule has 1 N–H and O–H groups in total. The van der Waals surface area contributed by atoms with Gasteiger partial charge in [-0.2, -0.15) is 0 Å².